The first-order chi connectivity index (χ1) is 2.00. The summed E-state index contributed by atoms with van der Waals surface area (Å²) in [7, 11) is -4.64. The molecule has 0 aliphatic carbocycles. The van der Waals surface area contributed by atoms with Gasteiger partial charge in [-0.15, -0.1) is 0 Å². The minimum atomic E-state index is -4.64. The molecule has 0 aromatic rings. The molecule has 4 nitrogen and oxygen atoms in total. The Morgan fingerprint density at radius 2 is 1.25 bits per heavy atom. The fraction of sp³-hybridized carbons (Fsp3) is 0. The minimum absolute atomic E-state index is 0. The van der Waals surface area contributed by atoms with Gasteiger partial charge in [0.15, 0.2) is 0 Å². The number of hydrogen-bond acceptors (Lipinski definition) is 1. The van der Waals surface area contributed by atoms with Gasteiger partial charge in [-0.2, -0.15) is 0 Å². The molecule has 0 aliphatic heterocycles. The van der Waals surface area contributed by atoms with Gasteiger partial charge in [0.05, 0.1) is 0 Å². The van der Waals surface area contributed by atoms with Gasteiger partial charge in [-0.3, -0.25) is 0 Å². The largest absolute Gasteiger partial charge is 2.00 e. The van der Waals surface area contributed by atoms with E-state index >= 15 is 0 Å². The molecule has 0 aliphatic rings. The summed E-state index contributed by atoms with van der Waals surface area (Å²) in [6.45, 7) is 0. The summed E-state index contributed by atoms with van der Waals surface area (Å²) >= 11 is 0. The van der Waals surface area contributed by atoms with E-state index in [1.807, 2.05) is 0 Å². The van der Waals surface area contributed by atoms with E-state index in [-0.39, 0.29) is 76.2 Å². The van der Waals surface area contributed by atoms with E-state index < -0.39 is 7.82 Å². The second-order valence-corrected chi connectivity index (χ2v) is 1.54. The van der Waals surface area contributed by atoms with Crippen LogP contribution in [0.3, 0.4) is 0 Å². The molecule has 0 fully saturated rings. The van der Waals surface area contributed by atoms with Crippen molar-refractivity contribution in [3.05, 3.63) is 0 Å². The molecule has 48 valence electrons. The normalized spacial score (nSPS) is 7.38. The molecule has 0 unspecified atom stereocenters. The standard InChI is InChI=1S/Ca.Mn.H3O4P.V.2H/c;;1-5(2,3)4;;;/h;;(H3,1,2,3,4);;;/q+2;;;;2*-1. The molecular formula is H5CaMnO4PV. The molecule has 0 spiro atoms. The SMILES string of the molecule is O=P(O)(O)O.[Ca+2].[H-].[H-].[Mn].[V]. The smallest absolute Gasteiger partial charge is 1.00 e. The van der Waals surface area contributed by atoms with Crippen LogP contribution in [0.15, 0.2) is 0 Å². The van der Waals surface area contributed by atoms with E-state index in [4.69, 9.17) is 19.2 Å². The first-order valence-electron chi connectivity index (χ1n) is 0.783. The van der Waals surface area contributed by atoms with Gasteiger partial charge in [0.1, 0.15) is 0 Å². The molecule has 3 N–H and O–H groups in total. The van der Waals surface area contributed by atoms with Crippen molar-refractivity contribution in [2.45, 2.75) is 0 Å². The Morgan fingerprint density at radius 1 is 1.25 bits per heavy atom. The summed E-state index contributed by atoms with van der Waals surface area (Å²) in [6, 6.07) is 0. The van der Waals surface area contributed by atoms with Crippen LogP contribution in [0.25, 0.3) is 0 Å². The molecule has 0 bridgehead atoms. The fourth-order valence-electron chi connectivity index (χ4n) is 0. The predicted molar refractivity (Wildman–Crippen MR) is 22.2 cm³/mol. The van der Waals surface area contributed by atoms with Crippen molar-refractivity contribution in [3.63, 3.8) is 0 Å². The van der Waals surface area contributed by atoms with Crippen LogP contribution in [0.1, 0.15) is 2.85 Å². The first kappa shape index (κ1) is 22.4. The van der Waals surface area contributed by atoms with Crippen molar-refractivity contribution in [1.82, 2.24) is 0 Å². The quantitative estimate of drug-likeness (QED) is 0.375. The number of rotatable bonds is 0. The van der Waals surface area contributed by atoms with Crippen molar-refractivity contribution in [3.8, 4) is 0 Å². The average molecular weight is 246 g/mol. The molecule has 0 rings (SSSR count). The Balaban J connectivity index is -0.00000000800. The Labute approximate surface area is 102 Å². The fourth-order valence-corrected chi connectivity index (χ4v) is 0. The van der Waals surface area contributed by atoms with E-state index in [9.17, 15) is 0 Å². The molecule has 8 heavy (non-hydrogen) atoms. The molecule has 0 amide bonds. The average Bonchev–Trinajstić information content (AvgIpc) is 0.722. The topological polar surface area (TPSA) is 77.8 Å². The van der Waals surface area contributed by atoms with Gasteiger partial charge in [0.25, 0.3) is 0 Å². The van der Waals surface area contributed by atoms with Crippen molar-refractivity contribution >= 4 is 45.6 Å². The van der Waals surface area contributed by atoms with Crippen molar-refractivity contribution in [2.75, 3.05) is 0 Å². The number of phosphoric acid groups is 1. The second kappa shape index (κ2) is 9.47. The maximum absolute atomic E-state index is 8.88. The molecule has 0 aromatic heterocycles. The van der Waals surface area contributed by atoms with Gasteiger partial charge >= 0.3 is 45.6 Å². The van der Waals surface area contributed by atoms with Gasteiger partial charge in [-0.05, 0) is 0 Å². The summed E-state index contributed by atoms with van der Waals surface area (Å²) in [4.78, 5) is 21.6. The van der Waals surface area contributed by atoms with Crippen molar-refractivity contribution in [1.29, 1.82) is 0 Å². The monoisotopic (exact) mass is 246 g/mol. The Morgan fingerprint density at radius 3 is 1.25 bits per heavy atom. The van der Waals surface area contributed by atoms with E-state index in [0.29, 0.717) is 0 Å². The van der Waals surface area contributed by atoms with Gasteiger partial charge in [0, 0.05) is 35.6 Å². The second-order valence-electron chi connectivity index (χ2n) is 0.513. The summed E-state index contributed by atoms with van der Waals surface area (Å²) < 4.78 is 8.88. The molecule has 0 atom stereocenters. The third-order valence-corrected chi connectivity index (χ3v) is 0. The van der Waals surface area contributed by atoms with Gasteiger partial charge in [-0.1, -0.05) is 0 Å². The zero-order valence-electron chi connectivity index (χ0n) is 5.73. The van der Waals surface area contributed by atoms with Crippen LogP contribution in [-0.4, -0.2) is 52.4 Å². The zero-order valence-corrected chi connectivity index (χ0v) is 9.41. The van der Waals surface area contributed by atoms with E-state index in [1.54, 1.807) is 0 Å². The van der Waals surface area contributed by atoms with E-state index in [2.05, 4.69) is 0 Å². The maximum atomic E-state index is 8.88. The maximum Gasteiger partial charge on any atom is 2.00 e. The number of hydrogen-bond donors (Lipinski definition) is 3. The zero-order chi connectivity index (χ0) is 4.50. The van der Waals surface area contributed by atoms with Crippen LogP contribution in [-0.2, 0) is 40.2 Å². The minimum Gasteiger partial charge on any atom is -1.00 e. The van der Waals surface area contributed by atoms with E-state index in [1.165, 1.54) is 0 Å². The summed E-state index contributed by atoms with van der Waals surface area (Å²) in [5.74, 6) is 0. The summed E-state index contributed by atoms with van der Waals surface area (Å²) in [5.41, 5.74) is 0. The van der Waals surface area contributed by atoms with Crippen molar-refractivity contribution < 1.29 is 57.7 Å². The Hall–Kier alpha value is 2.47. The molecule has 0 aromatic carbocycles. The van der Waals surface area contributed by atoms with Gasteiger partial charge < -0.3 is 17.5 Å². The van der Waals surface area contributed by atoms with E-state index in [0.717, 1.165) is 0 Å². The van der Waals surface area contributed by atoms with Crippen LogP contribution >= 0.6 is 7.82 Å². The summed E-state index contributed by atoms with van der Waals surface area (Å²) in [5, 5.41) is 0. The summed E-state index contributed by atoms with van der Waals surface area (Å²) in [6.07, 6.45) is 0. The molecule has 2 radical (unpaired) electrons. The molecule has 0 saturated carbocycles. The Kier molecular flexibility index (Phi) is 26.6. The molecular weight excluding hydrogens is 241 g/mol. The third kappa shape index (κ3) is 77.4. The Bertz CT molecular complexity index is 69.4. The van der Waals surface area contributed by atoms with Crippen LogP contribution in [0.2, 0.25) is 0 Å². The van der Waals surface area contributed by atoms with Crippen LogP contribution < -0.4 is 0 Å². The molecule has 8 heteroatoms. The van der Waals surface area contributed by atoms with Gasteiger partial charge in [0.2, 0.25) is 0 Å². The van der Waals surface area contributed by atoms with Crippen molar-refractivity contribution in [2.24, 2.45) is 0 Å². The predicted octanol–water partition coefficient (Wildman–Crippen LogP) is -1.09. The first-order valence-corrected chi connectivity index (χ1v) is 2.35. The van der Waals surface area contributed by atoms with Crippen LogP contribution in [0.5, 0.6) is 0 Å². The molecule has 0 saturated heterocycles. The third-order valence-electron chi connectivity index (χ3n) is 0. The van der Waals surface area contributed by atoms with Crippen LogP contribution in [0, 0.1) is 0 Å². The van der Waals surface area contributed by atoms with Crippen LogP contribution in [0.4, 0.5) is 0 Å². The van der Waals surface area contributed by atoms with Gasteiger partial charge in [-0.25, -0.2) is 4.57 Å². The molecule has 0 heterocycles.